The molecule has 0 atom stereocenters. The highest BCUT2D eigenvalue weighted by molar-refractivity contribution is 5.67. The SMILES string of the molecule is O=C(OCCOC1CCOCC1)N1CCCCC1. The standard InChI is InChI=1S/C13H23NO4/c15-13(14-6-2-1-3-7-14)18-11-10-17-12-4-8-16-9-5-12/h12H,1-11H2. The Kier molecular flexibility index (Phi) is 5.74. The maximum atomic E-state index is 11.7. The Morgan fingerprint density at radius 2 is 1.83 bits per heavy atom. The van der Waals surface area contributed by atoms with Gasteiger partial charge in [-0.25, -0.2) is 4.79 Å². The average molecular weight is 257 g/mol. The normalized spacial score (nSPS) is 21.9. The summed E-state index contributed by atoms with van der Waals surface area (Å²) in [7, 11) is 0. The number of nitrogens with zero attached hydrogens (tertiary/aromatic N) is 1. The number of likely N-dealkylation sites (tertiary alicyclic amines) is 1. The maximum absolute atomic E-state index is 11.7. The molecule has 2 fully saturated rings. The van der Waals surface area contributed by atoms with Gasteiger partial charge in [0, 0.05) is 26.3 Å². The van der Waals surface area contributed by atoms with E-state index in [9.17, 15) is 4.79 Å². The topological polar surface area (TPSA) is 48.0 Å². The molecule has 1 amide bonds. The molecule has 2 aliphatic rings. The zero-order valence-electron chi connectivity index (χ0n) is 10.9. The van der Waals surface area contributed by atoms with Crippen molar-refractivity contribution < 1.29 is 19.0 Å². The van der Waals surface area contributed by atoms with Gasteiger partial charge in [0.15, 0.2) is 0 Å². The summed E-state index contributed by atoms with van der Waals surface area (Å²) in [5.41, 5.74) is 0. The number of amides is 1. The van der Waals surface area contributed by atoms with Crippen LogP contribution >= 0.6 is 0 Å². The molecule has 0 radical (unpaired) electrons. The third-order valence-corrected chi connectivity index (χ3v) is 3.45. The molecule has 2 saturated heterocycles. The van der Waals surface area contributed by atoms with E-state index in [0.29, 0.717) is 13.2 Å². The van der Waals surface area contributed by atoms with Crippen molar-refractivity contribution in [3.8, 4) is 0 Å². The second kappa shape index (κ2) is 7.59. The van der Waals surface area contributed by atoms with Crippen LogP contribution in [0.5, 0.6) is 0 Å². The van der Waals surface area contributed by atoms with Crippen LogP contribution in [-0.4, -0.2) is 56.6 Å². The van der Waals surface area contributed by atoms with Crippen LogP contribution in [0.1, 0.15) is 32.1 Å². The first-order chi connectivity index (χ1) is 8.86. The van der Waals surface area contributed by atoms with Gasteiger partial charge in [0.05, 0.1) is 12.7 Å². The minimum absolute atomic E-state index is 0.190. The van der Waals surface area contributed by atoms with E-state index >= 15 is 0 Å². The number of ether oxygens (including phenoxy) is 3. The summed E-state index contributed by atoms with van der Waals surface area (Å²) >= 11 is 0. The van der Waals surface area contributed by atoms with Gasteiger partial charge in [-0.05, 0) is 32.1 Å². The van der Waals surface area contributed by atoms with Crippen molar-refractivity contribution >= 4 is 6.09 Å². The van der Waals surface area contributed by atoms with E-state index in [4.69, 9.17) is 14.2 Å². The molecule has 18 heavy (non-hydrogen) atoms. The zero-order valence-corrected chi connectivity index (χ0v) is 10.9. The third-order valence-electron chi connectivity index (χ3n) is 3.45. The van der Waals surface area contributed by atoms with Crippen molar-refractivity contribution in [2.45, 2.75) is 38.2 Å². The molecule has 0 unspecified atom stereocenters. The van der Waals surface area contributed by atoms with Gasteiger partial charge >= 0.3 is 6.09 Å². The second-order valence-corrected chi connectivity index (χ2v) is 4.84. The van der Waals surface area contributed by atoms with E-state index in [0.717, 1.165) is 52.0 Å². The molecular weight excluding hydrogens is 234 g/mol. The molecule has 0 N–H and O–H groups in total. The Morgan fingerprint density at radius 3 is 2.56 bits per heavy atom. The predicted molar refractivity (Wildman–Crippen MR) is 66.6 cm³/mol. The van der Waals surface area contributed by atoms with Crippen molar-refractivity contribution in [2.24, 2.45) is 0 Å². The molecule has 0 aromatic heterocycles. The Morgan fingerprint density at radius 1 is 1.11 bits per heavy atom. The quantitative estimate of drug-likeness (QED) is 0.721. The lowest BCUT2D eigenvalue weighted by Crippen LogP contribution is -2.36. The van der Waals surface area contributed by atoms with Crippen molar-refractivity contribution in [3.05, 3.63) is 0 Å². The van der Waals surface area contributed by atoms with Crippen molar-refractivity contribution in [2.75, 3.05) is 39.5 Å². The van der Waals surface area contributed by atoms with Gasteiger partial charge in [0.1, 0.15) is 6.61 Å². The van der Waals surface area contributed by atoms with E-state index in [-0.39, 0.29) is 12.2 Å². The first-order valence-electron chi connectivity index (χ1n) is 6.97. The molecule has 2 aliphatic heterocycles. The number of carbonyl (C=O) groups excluding carboxylic acids is 1. The fourth-order valence-electron chi connectivity index (χ4n) is 2.35. The molecule has 5 heteroatoms. The molecule has 0 aliphatic carbocycles. The van der Waals surface area contributed by atoms with Crippen molar-refractivity contribution in [3.63, 3.8) is 0 Å². The van der Waals surface area contributed by atoms with Crippen LogP contribution in [0.3, 0.4) is 0 Å². The first kappa shape index (κ1) is 13.6. The highest BCUT2D eigenvalue weighted by Gasteiger charge is 2.18. The predicted octanol–water partition coefficient (Wildman–Crippen LogP) is 1.80. The minimum atomic E-state index is -0.190. The van der Waals surface area contributed by atoms with Crippen LogP contribution < -0.4 is 0 Å². The van der Waals surface area contributed by atoms with E-state index in [1.54, 1.807) is 4.90 Å². The van der Waals surface area contributed by atoms with Gasteiger partial charge < -0.3 is 19.1 Å². The number of carbonyl (C=O) groups is 1. The maximum Gasteiger partial charge on any atom is 0.409 e. The molecule has 2 rings (SSSR count). The molecule has 0 aromatic rings. The van der Waals surface area contributed by atoms with Gasteiger partial charge in [0.25, 0.3) is 0 Å². The fourth-order valence-corrected chi connectivity index (χ4v) is 2.35. The third kappa shape index (κ3) is 4.46. The fraction of sp³-hybridized carbons (Fsp3) is 0.923. The van der Waals surface area contributed by atoms with Crippen molar-refractivity contribution in [1.82, 2.24) is 4.90 Å². The number of hydrogen-bond acceptors (Lipinski definition) is 4. The summed E-state index contributed by atoms with van der Waals surface area (Å²) in [6.45, 7) is 4.06. The Bertz CT molecular complexity index is 247. The summed E-state index contributed by atoms with van der Waals surface area (Å²) in [5, 5.41) is 0. The van der Waals surface area contributed by atoms with Gasteiger partial charge in [-0.15, -0.1) is 0 Å². The van der Waals surface area contributed by atoms with Gasteiger partial charge in [-0.2, -0.15) is 0 Å². The summed E-state index contributed by atoms with van der Waals surface area (Å²) in [6, 6.07) is 0. The molecule has 5 nitrogen and oxygen atoms in total. The summed E-state index contributed by atoms with van der Waals surface area (Å²) in [6.07, 6.45) is 5.37. The first-order valence-corrected chi connectivity index (χ1v) is 6.97. The van der Waals surface area contributed by atoms with Crippen LogP contribution in [0.2, 0.25) is 0 Å². The Hall–Kier alpha value is -0.810. The zero-order chi connectivity index (χ0) is 12.6. The van der Waals surface area contributed by atoms with Crippen LogP contribution in [0, 0.1) is 0 Å². The van der Waals surface area contributed by atoms with Gasteiger partial charge in [-0.3, -0.25) is 0 Å². The molecule has 0 aromatic carbocycles. The van der Waals surface area contributed by atoms with E-state index < -0.39 is 0 Å². The lowest BCUT2D eigenvalue weighted by atomic mass is 10.1. The highest BCUT2D eigenvalue weighted by Crippen LogP contribution is 2.11. The number of rotatable bonds is 4. The average Bonchev–Trinajstić information content (AvgIpc) is 2.45. The largest absolute Gasteiger partial charge is 0.447 e. The lowest BCUT2D eigenvalue weighted by molar-refractivity contribution is -0.0444. The summed E-state index contributed by atoms with van der Waals surface area (Å²) < 4.78 is 16.1. The molecule has 104 valence electrons. The van der Waals surface area contributed by atoms with E-state index in [1.807, 2.05) is 0 Å². The van der Waals surface area contributed by atoms with Crippen LogP contribution in [0.4, 0.5) is 4.79 Å². The monoisotopic (exact) mass is 257 g/mol. The van der Waals surface area contributed by atoms with Crippen LogP contribution in [0.15, 0.2) is 0 Å². The summed E-state index contributed by atoms with van der Waals surface area (Å²) in [4.78, 5) is 13.5. The lowest BCUT2D eigenvalue weighted by Gasteiger charge is -2.26. The Balaban J connectivity index is 1.52. The smallest absolute Gasteiger partial charge is 0.409 e. The van der Waals surface area contributed by atoms with E-state index in [2.05, 4.69) is 0 Å². The van der Waals surface area contributed by atoms with Gasteiger partial charge in [0.2, 0.25) is 0 Å². The summed E-state index contributed by atoms with van der Waals surface area (Å²) in [5.74, 6) is 0. The van der Waals surface area contributed by atoms with Gasteiger partial charge in [-0.1, -0.05) is 0 Å². The molecule has 0 saturated carbocycles. The molecule has 0 spiro atoms. The second-order valence-electron chi connectivity index (χ2n) is 4.84. The van der Waals surface area contributed by atoms with Crippen LogP contribution in [-0.2, 0) is 14.2 Å². The molecule has 2 heterocycles. The number of piperidine rings is 1. The highest BCUT2D eigenvalue weighted by atomic mass is 16.6. The van der Waals surface area contributed by atoms with Crippen molar-refractivity contribution in [1.29, 1.82) is 0 Å². The number of hydrogen-bond donors (Lipinski definition) is 0. The van der Waals surface area contributed by atoms with Crippen LogP contribution in [0.25, 0.3) is 0 Å². The minimum Gasteiger partial charge on any atom is -0.447 e. The molecular formula is C13H23NO4. The Labute approximate surface area is 108 Å². The molecule has 0 bridgehead atoms. The van der Waals surface area contributed by atoms with E-state index in [1.165, 1.54) is 6.42 Å².